The van der Waals surface area contributed by atoms with E-state index < -0.39 is 0 Å². The molecule has 0 unspecified atom stereocenters. The van der Waals surface area contributed by atoms with E-state index in [1.165, 1.54) is 10.5 Å². The molecule has 0 atom stereocenters. The van der Waals surface area contributed by atoms with Gasteiger partial charge in [-0.2, -0.15) is 5.26 Å². The van der Waals surface area contributed by atoms with Crippen molar-refractivity contribution in [1.82, 2.24) is 4.98 Å². The van der Waals surface area contributed by atoms with E-state index in [2.05, 4.69) is 34.3 Å². The molecular weight excluding hydrogens is 254 g/mol. The molecule has 0 fully saturated rings. The molecule has 0 spiro atoms. The van der Waals surface area contributed by atoms with Crippen molar-refractivity contribution in [1.29, 1.82) is 5.26 Å². The number of anilines is 1. The average molecular weight is 265 g/mol. The first-order valence-electron chi connectivity index (χ1n) is 5.89. The van der Waals surface area contributed by atoms with Crippen molar-refractivity contribution in [2.75, 3.05) is 10.8 Å². The van der Waals surface area contributed by atoms with Gasteiger partial charge in [0.15, 0.2) is 0 Å². The molecule has 92 valence electrons. The van der Waals surface area contributed by atoms with E-state index >= 15 is 0 Å². The molecule has 1 aromatic carbocycles. The molecule has 2 aromatic rings. The molecule has 4 heteroatoms. The van der Waals surface area contributed by atoms with Gasteiger partial charge in [-0.1, -0.05) is 30.3 Å². The second-order valence-corrected chi connectivity index (χ2v) is 5.11. The van der Waals surface area contributed by atoms with Crippen LogP contribution >= 0.6 is 11.8 Å². The fraction of sp³-hybridized carbons (Fsp3) is 0.0667. The van der Waals surface area contributed by atoms with Gasteiger partial charge in [0.05, 0.1) is 11.4 Å². The van der Waals surface area contributed by atoms with Crippen LogP contribution in [0.2, 0.25) is 0 Å². The summed E-state index contributed by atoms with van der Waals surface area (Å²) in [4.78, 5) is 7.64. The van der Waals surface area contributed by atoms with Crippen molar-refractivity contribution in [2.24, 2.45) is 0 Å². The number of hydrogen-bond acceptors (Lipinski definition) is 4. The monoisotopic (exact) mass is 265 g/mol. The Kier molecular flexibility index (Phi) is 3.21. The van der Waals surface area contributed by atoms with Crippen LogP contribution in [0.1, 0.15) is 11.1 Å². The van der Waals surface area contributed by atoms with Gasteiger partial charge in [-0.25, -0.2) is 4.98 Å². The van der Waals surface area contributed by atoms with Gasteiger partial charge in [-0.05, 0) is 17.7 Å². The smallest absolute Gasteiger partial charge is 0.133 e. The Morgan fingerprint density at radius 2 is 2.00 bits per heavy atom. The third-order valence-corrected chi connectivity index (χ3v) is 3.92. The van der Waals surface area contributed by atoms with E-state index in [-0.39, 0.29) is 0 Å². The highest BCUT2D eigenvalue weighted by Crippen LogP contribution is 2.35. The van der Waals surface area contributed by atoms with Crippen LogP contribution in [0.4, 0.5) is 5.82 Å². The fourth-order valence-electron chi connectivity index (χ4n) is 1.87. The van der Waals surface area contributed by atoms with Crippen LogP contribution in [0.3, 0.4) is 0 Å². The molecule has 1 aliphatic heterocycles. The lowest BCUT2D eigenvalue weighted by molar-refractivity contribution is 1.11. The van der Waals surface area contributed by atoms with Crippen molar-refractivity contribution >= 4 is 22.5 Å². The van der Waals surface area contributed by atoms with Gasteiger partial charge in [-0.15, -0.1) is 11.8 Å². The lowest BCUT2D eigenvalue weighted by atomic mass is 10.2. The van der Waals surface area contributed by atoms with Crippen LogP contribution in [0, 0.1) is 11.3 Å². The van der Waals surface area contributed by atoms with Gasteiger partial charge < -0.3 is 4.90 Å². The van der Waals surface area contributed by atoms with Crippen LogP contribution < -0.4 is 4.90 Å². The maximum atomic E-state index is 8.76. The largest absolute Gasteiger partial charge is 0.322 e. The minimum atomic E-state index is 0.586. The number of rotatable bonds is 2. The molecule has 0 amide bonds. The molecular formula is C15H11N3S. The standard InChI is InChI=1S/C15H11N3S/c16-8-12-6-7-15(17-9-12)18-10-14(19-11-18)13-4-2-1-3-5-13/h1-7,9-10H,11H2. The molecule has 3 nitrogen and oxygen atoms in total. The van der Waals surface area contributed by atoms with E-state index in [4.69, 9.17) is 5.26 Å². The summed E-state index contributed by atoms with van der Waals surface area (Å²) < 4.78 is 0. The third-order valence-electron chi connectivity index (χ3n) is 2.86. The molecule has 2 heterocycles. The summed E-state index contributed by atoms with van der Waals surface area (Å²) in [5.74, 6) is 1.72. The van der Waals surface area contributed by atoms with Gasteiger partial charge in [-0.3, -0.25) is 0 Å². The maximum absolute atomic E-state index is 8.76. The summed E-state index contributed by atoms with van der Waals surface area (Å²) in [5.41, 5.74) is 1.81. The summed E-state index contributed by atoms with van der Waals surface area (Å²) in [5, 5.41) is 8.76. The Bertz CT molecular complexity index is 641. The van der Waals surface area contributed by atoms with Crippen LogP contribution in [0.25, 0.3) is 4.91 Å². The normalized spacial score (nSPS) is 14.1. The second-order valence-electron chi connectivity index (χ2n) is 4.12. The first-order chi connectivity index (χ1) is 9.36. The zero-order valence-electron chi connectivity index (χ0n) is 10.2. The molecule has 0 radical (unpaired) electrons. The van der Waals surface area contributed by atoms with Crippen LogP contribution in [0.15, 0.2) is 54.9 Å². The molecule has 1 aromatic heterocycles. The molecule has 0 saturated heterocycles. The van der Waals surface area contributed by atoms with Gasteiger partial charge in [0.1, 0.15) is 11.9 Å². The summed E-state index contributed by atoms with van der Waals surface area (Å²) in [7, 11) is 0. The Morgan fingerprint density at radius 1 is 1.16 bits per heavy atom. The third kappa shape index (κ3) is 2.47. The van der Waals surface area contributed by atoms with E-state index in [1.54, 1.807) is 24.0 Å². The lowest BCUT2D eigenvalue weighted by Gasteiger charge is -2.12. The molecule has 0 N–H and O–H groups in total. The van der Waals surface area contributed by atoms with Gasteiger partial charge in [0, 0.05) is 17.3 Å². The number of aromatic nitrogens is 1. The lowest BCUT2D eigenvalue weighted by Crippen LogP contribution is -2.12. The van der Waals surface area contributed by atoms with Crippen LogP contribution in [-0.2, 0) is 0 Å². The van der Waals surface area contributed by atoms with Gasteiger partial charge in [0.25, 0.3) is 0 Å². The minimum absolute atomic E-state index is 0.586. The number of nitrogens with zero attached hydrogens (tertiary/aromatic N) is 3. The first kappa shape index (κ1) is 11.8. The maximum Gasteiger partial charge on any atom is 0.133 e. The zero-order valence-corrected chi connectivity index (χ0v) is 11.0. The summed E-state index contributed by atoms with van der Waals surface area (Å²) in [6.45, 7) is 0. The quantitative estimate of drug-likeness (QED) is 0.833. The predicted molar refractivity (Wildman–Crippen MR) is 78.3 cm³/mol. The van der Waals surface area contributed by atoms with Crippen molar-refractivity contribution in [2.45, 2.75) is 0 Å². The van der Waals surface area contributed by atoms with E-state index in [1.807, 2.05) is 24.3 Å². The topological polar surface area (TPSA) is 39.9 Å². The molecule has 3 rings (SSSR count). The highest BCUT2D eigenvalue weighted by Gasteiger charge is 2.16. The van der Waals surface area contributed by atoms with E-state index in [0.29, 0.717) is 5.56 Å². The zero-order chi connectivity index (χ0) is 13.1. The first-order valence-corrected chi connectivity index (χ1v) is 6.88. The number of pyridine rings is 1. The Labute approximate surface area is 116 Å². The SMILES string of the molecule is N#Cc1ccc(N2C=C(c3ccccc3)SC2)nc1. The Morgan fingerprint density at radius 3 is 2.68 bits per heavy atom. The number of benzene rings is 1. The molecule has 0 bridgehead atoms. The summed E-state index contributed by atoms with van der Waals surface area (Å²) in [6.07, 6.45) is 3.71. The second kappa shape index (κ2) is 5.17. The average Bonchev–Trinajstić information content (AvgIpc) is 2.98. The van der Waals surface area contributed by atoms with Crippen molar-refractivity contribution in [3.05, 3.63) is 66.0 Å². The molecule has 19 heavy (non-hydrogen) atoms. The summed E-state index contributed by atoms with van der Waals surface area (Å²) >= 11 is 1.79. The van der Waals surface area contributed by atoms with E-state index in [0.717, 1.165) is 11.7 Å². The fourth-order valence-corrected chi connectivity index (χ4v) is 2.86. The Hall–Kier alpha value is -2.25. The molecule has 0 aliphatic carbocycles. The predicted octanol–water partition coefficient (Wildman–Crippen LogP) is 3.46. The van der Waals surface area contributed by atoms with Crippen molar-refractivity contribution < 1.29 is 0 Å². The Balaban J connectivity index is 1.84. The number of thioether (sulfide) groups is 1. The highest BCUT2D eigenvalue weighted by atomic mass is 32.2. The highest BCUT2D eigenvalue weighted by molar-refractivity contribution is 8.08. The van der Waals surface area contributed by atoms with Crippen molar-refractivity contribution in [3.63, 3.8) is 0 Å². The molecule has 0 saturated carbocycles. The van der Waals surface area contributed by atoms with Gasteiger partial charge >= 0.3 is 0 Å². The number of hydrogen-bond donors (Lipinski definition) is 0. The number of nitriles is 1. The molecule has 1 aliphatic rings. The minimum Gasteiger partial charge on any atom is -0.322 e. The summed E-state index contributed by atoms with van der Waals surface area (Å²) in [6, 6.07) is 16.1. The van der Waals surface area contributed by atoms with Crippen LogP contribution in [0.5, 0.6) is 0 Å². The van der Waals surface area contributed by atoms with Crippen LogP contribution in [-0.4, -0.2) is 10.9 Å². The van der Waals surface area contributed by atoms with Crippen molar-refractivity contribution in [3.8, 4) is 6.07 Å². The van der Waals surface area contributed by atoms with Gasteiger partial charge in [0.2, 0.25) is 0 Å². The van der Waals surface area contributed by atoms with E-state index in [9.17, 15) is 0 Å².